The van der Waals surface area contributed by atoms with Gasteiger partial charge in [-0.15, -0.1) is 0 Å². The highest BCUT2D eigenvalue weighted by molar-refractivity contribution is 6.01. The minimum absolute atomic E-state index is 0.140. The molecule has 1 atom stereocenters. The number of pyridine rings is 1. The van der Waals surface area contributed by atoms with Gasteiger partial charge in [-0.2, -0.15) is 0 Å². The second kappa shape index (κ2) is 8.37. The summed E-state index contributed by atoms with van der Waals surface area (Å²) in [7, 11) is 0. The molecule has 2 N–H and O–H groups in total. The SMILES string of the molecule is CC(C)(C)OC(=O)N1CCC(O)(c2ccc3ncc(C4CCC(=O)NC4=O)cc3c2F)CC1. The molecule has 176 valence electrons. The van der Waals surface area contributed by atoms with Crippen molar-refractivity contribution in [3.8, 4) is 0 Å². The summed E-state index contributed by atoms with van der Waals surface area (Å²) in [6.07, 6.45) is 1.94. The van der Waals surface area contributed by atoms with Crippen molar-refractivity contribution in [2.75, 3.05) is 13.1 Å². The van der Waals surface area contributed by atoms with Gasteiger partial charge in [-0.05, 0) is 57.7 Å². The lowest BCUT2D eigenvalue weighted by molar-refractivity contribution is -0.134. The molecule has 0 saturated carbocycles. The number of fused-ring (bicyclic) bond motifs is 1. The Balaban J connectivity index is 1.58. The van der Waals surface area contributed by atoms with Crippen LogP contribution in [0.2, 0.25) is 0 Å². The van der Waals surface area contributed by atoms with Crippen molar-refractivity contribution in [2.45, 2.75) is 63.6 Å². The molecule has 9 heteroatoms. The van der Waals surface area contributed by atoms with Crippen LogP contribution in [0.3, 0.4) is 0 Å². The van der Waals surface area contributed by atoms with Gasteiger partial charge in [0.2, 0.25) is 11.8 Å². The molecule has 1 unspecified atom stereocenters. The molecule has 0 aliphatic carbocycles. The average Bonchev–Trinajstić information content (AvgIpc) is 2.73. The molecule has 1 aromatic heterocycles. The van der Waals surface area contributed by atoms with Gasteiger partial charge < -0.3 is 14.7 Å². The number of piperidine rings is 2. The number of likely N-dealkylation sites (tertiary alicyclic amines) is 1. The maximum absolute atomic E-state index is 15.6. The third-order valence-electron chi connectivity index (χ3n) is 6.21. The maximum atomic E-state index is 15.6. The molecule has 2 fully saturated rings. The van der Waals surface area contributed by atoms with Gasteiger partial charge in [0.05, 0.1) is 17.0 Å². The molecular formula is C24H28FN3O5. The number of carbonyl (C=O) groups excluding carboxylic acids is 3. The van der Waals surface area contributed by atoms with Gasteiger partial charge in [0.15, 0.2) is 0 Å². The average molecular weight is 458 g/mol. The van der Waals surface area contributed by atoms with E-state index in [1.807, 2.05) is 0 Å². The number of nitrogens with zero attached hydrogens (tertiary/aromatic N) is 2. The predicted octanol–water partition coefficient (Wildman–Crippen LogP) is 3.11. The van der Waals surface area contributed by atoms with E-state index in [1.165, 1.54) is 17.2 Å². The van der Waals surface area contributed by atoms with E-state index >= 15 is 4.39 Å². The Morgan fingerprint density at radius 2 is 1.97 bits per heavy atom. The fourth-order valence-electron chi connectivity index (χ4n) is 4.40. The number of carbonyl (C=O) groups is 3. The van der Waals surface area contributed by atoms with Crippen molar-refractivity contribution in [1.82, 2.24) is 15.2 Å². The van der Waals surface area contributed by atoms with E-state index in [9.17, 15) is 19.5 Å². The zero-order chi connectivity index (χ0) is 24.0. The van der Waals surface area contributed by atoms with Crippen LogP contribution in [0, 0.1) is 5.82 Å². The fraction of sp³-hybridized carbons (Fsp3) is 0.500. The van der Waals surface area contributed by atoms with Gasteiger partial charge in [0, 0.05) is 36.7 Å². The zero-order valence-corrected chi connectivity index (χ0v) is 19.0. The molecule has 2 aliphatic rings. The quantitative estimate of drug-likeness (QED) is 0.671. The summed E-state index contributed by atoms with van der Waals surface area (Å²) in [6.45, 7) is 5.82. The summed E-state index contributed by atoms with van der Waals surface area (Å²) in [5, 5.41) is 13.8. The first-order valence-electron chi connectivity index (χ1n) is 11.1. The van der Waals surface area contributed by atoms with Crippen molar-refractivity contribution in [1.29, 1.82) is 0 Å². The Kier molecular flexibility index (Phi) is 5.86. The zero-order valence-electron chi connectivity index (χ0n) is 19.0. The lowest BCUT2D eigenvalue weighted by Crippen LogP contribution is -2.47. The minimum Gasteiger partial charge on any atom is -0.444 e. The first kappa shape index (κ1) is 23.1. The van der Waals surface area contributed by atoms with Crippen molar-refractivity contribution in [3.63, 3.8) is 0 Å². The molecule has 8 nitrogen and oxygen atoms in total. The first-order chi connectivity index (χ1) is 15.5. The number of hydrogen-bond acceptors (Lipinski definition) is 6. The van der Waals surface area contributed by atoms with E-state index in [1.54, 1.807) is 32.9 Å². The summed E-state index contributed by atoms with van der Waals surface area (Å²) in [4.78, 5) is 41.8. The number of rotatable bonds is 2. The van der Waals surface area contributed by atoms with E-state index in [2.05, 4.69) is 10.3 Å². The van der Waals surface area contributed by atoms with Gasteiger partial charge in [0.1, 0.15) is 11.4 Å². The van der Waals surface area contributed by atoms with Crippen LogP contribution in [0.25, 0.3) is 10.9 Å². The monoisotopic (exact) mass is 457 g/mol. The number of aromatic nitrogens is 1. The molecule has 2 aliphatic heterocycles. The molecule has 0 radical (unpaired) electrons. The van der Waals surface area contributed by atoms with E-state index in [0.717, 1.165) is 0 Å². The lowest BCUT2D eigenvalue weighted by atomic mass is 9.83. The molecule has 2 saturated heterocycles. The van der Waals surface area contributed by atoms with Crippen LogP contribution in [0.15, 0.2) is 24.4 Å². The highest BCUT2D eigenvalue weighted by atomic mass is 19.1. The van der Waals surface area contributed by atoms with Crippen LogP contribution in [0.5, 0.6) is 0 Å². The number of nitrogens with one attached hydrogen (secondary N) is 1. The van der Waals surface area contributed by atoms with Crippen molar-refractivity contribution in [3.05, 3.63) is 41.3 Å². The number of amides is 3. The number of imide groups is 1. The summed E-state index contributed by atoms with van der Waals surface area (Å²) in [5.74, 6) is -1.92. The molecule has 4 rings (SSSR count). The fourth-order valence-corrected chi connectivity index (χ4v) is 4.40. The highest BCUT2D eigenvalue weighted by Gasteiger charge is 2.39. The Labute approximate surface area is 191 Å². The van der Waals surface area contributed by atoms with Crippen molar-refractivity contribution < 1.29 is 28.6 Å². The van der Waals surface area contributed by atoms with Crippen LogP contribution < -0.4 is 5.32 Å². The number of halogens is 1. The van der Waals surface area contributed by atoms with E-state index in [4.69, 9.17) is 4.74 Å². The second-order valence-electron chi connectivity index (χ2n) is 9.77. The van der Waals surface area contributed by atoms with Gasteiger partial charge >= 0.3 is 6.09 Å². The molecule has 0 bridgehead atoms. The Morgan fingerprint density at radius 1 is 1.27 bits per heavy atom. The molecule has 1 aromatic carbocycles. The number of hydrogen-bond donors (Lipinski definition) is 2. The standard InChI is InChI=1S/C24H28FN3O5/c1-23(2,3)33-22(31)28-10-8-24(32,9-11-28)17-5-6-18-16(20(17)25)12-14(13-26-18)15-4-7-19(29)27-21(15)30/h5-6,12-13,15,32H,4,7-11H2,1-3H3,(H,27,29,30). The van der Waals surface area contributed by atoms with Crippen LogP contribution in [-0.2, 0) is 19.9 Å². The largest absolute Gasteiger partial charge is 0.444 e. The normalized spacial score (nSPS) is 21.1. The summed E-state index contributed by atoms with van der Waals surface area (Å²) < 4.78 is 21.0. The summed E-state index contributed by atoms with van der Waals surface area (Å²) in [6, 6.07) is 4.74. The van der Waals surface area contributed by atoms with E-state index < -0.39 is 34.9 Å². The third-order valence-corrected chi connectivity index (χ3v) is 6.21. The van der Waals surface area contributed by atoms with Crippen LogP contribution in [0.4, 0.5) is 9.18 Å². The first-order valence-corrected chi connectivity index (χ1v) is 11.1. The summed E-state index contributed by atoms with van der Waals surface area (Å²) >= 11 is 0. The summed E-state index contributed by atoms with van der Waals surface area (Å²) in [5.41, 5.74) is -0.998. The van der Waals surface area contributed by atoms with Gasteiger partial charge in [0.25, 0.3) is 0 Å². The van der Waals surface area contributed by atoms with Gasteiger partial charge in [-0.3, -0.25) is 19.9 Å². The molecule has 3 amide bonds. The Hall–Kier alpha value is -3.07. The molecule has 3 heterocycles. The molecular weight excluding hydrogens is 429 g/mol. The van der Waals surface area contributed by atoms with Gasteiger partial charge in [-0.25, -0.2) is 9.18 Å². The predicted molar refractivity (Wildman–Crippen MR) is 118 cm³/mol. The van der Waals surface area contributed by atoms with Crippen LogP contribution >= 0.6 is 0 Å². The molecule has 33 heavy (non-hydrogen) atoms. The topological polar surface area (TPSA) is 109 Å². The molecule has 0 spiro atoms. The van der Waals surface area contributed by atoms with Crippen LogP contribution in [-0.4, -0.2) is 51.6 Å². The van der Waals surface area contributed by atoms with Crippen LogP contribution in [0.1, 0.15) is 63.5 Å². The number of benzene rings is 1. The van der Waals surface area contributed by atoms with Gasteiger partial charge in [-0.1, -0.05) is 6.07 Å². The second-order valence-corrected chi connectivity index (χ2v) is 9.77. The molecule has 2 aromatic rings. The Bertz CT molecular complexity index is 1120. The van der Waals surface area contributed by atoms with Crippen molar-refractivity contribution in [2.24, 2.45) is 0 Å². The van der Waals surface area contributed by atoms with Crippen molar-refractivity contribution >= 4 is 28.8 Å². The smallest absolute Gasteiger partial charge is 0.410 e. The highest BCUT2D eigenvalue weighted by Crippen LogP contribution is 2.37. The third kappa shape index (κ3) is 4.68. The maximum Gasteiger partial charge on any atom is 0.410 e. The minimum atomic E-state index is -1.44. The van der Waals surface area contributed by atoms with E-state index in [0.29, 0.717) is 17.5 Å². The Morgan fingerprint density at radius 3 is 2.61 bits per heavy atom. The lowest BCUT2D eigenvalue weighted by Gasteiger charge is -2.39. The van der Waals surface area contributed by atoms with E-state index in [-0.39, 0.29) is 49.2 Å². The number of ether oxygens (including phenoxy) is 1. The number of aliphatic hydroxyl groups is 1.